The van der Waals surface area contributed by atoms with Crippen molar-refractivity contribution in [1.82, 2.24) is 9.88 Å². The van der Waals surface area contributed by atoms with Crippen LogP contribution in [0.15, 0.2) is 23.0 Å². The van der Waals surface area contributed by atoms with Gasteiger partial charge in [-0.25, -0.2) is 0 Å². The van der Waals surface area contributed by atoms with Crippen molar-refractivity contribution in [3.63, 3.8) is 0 Å². The molecule has 0 saturated heterocycles. The second-order valence-electron chi connectivity index (χ2n) is 5.82. The maximum absolute atomic E-state index is 12.0. The van der Waals surface area contributed by atoms with E-state index < -0.39 is 0 Å². The molecule has 0 bridgehead atoms. The SMILES string of the molecule is COc1cc(CCNC(=O)CCn2c(C)c(C)sc2=O)ccc1C. The molecule has 0 fully saturated rings. The van der Waals surface area contributed by atoms with Crippen molar-refractivity contribution in [2.24, 2.45) is 0 Å². The molecule has 1 amide bonds. The van der Waals surface area contributed by atoms with Crippen molar-refractivity contribution >= 4 is 17.2 Å². The number of thiazole rings is 1. The Kier molecular flexibility index (Phi) is 6.20. The zero-order valence-electron chi connectivity index (χ0n) is 14.6. The molecule has 1 heterocycles. The lowest BCUT2D eigenvalue weighted by atomic mass is 10.1. The number of hydrogen-bond donors (Lipinski definition) is 1. The normalized spacial score (nSPS) is 10.7. The number of nitrogens with zero attached hydrogens (tertiary/aromatic N) is 1. The Morgan fingerprint density at radius 2 is 2.04 bits per heavy atom. The molecule has 0 aliphatic rings. The molecule has 0 aliphatic carbocycles. The summed E-state index contributed by atoms with van der Waals surface area (Å²) in [4.78, 5) is 24.8. The smallest absolute Gasteiger partial charge is 0.307 e. The molecule has 130 valence electrons. The fourth-order valence-corrected chi connectivity index (χ4v) is 3.37. The van der Waals surface area contributed by atoms with Gasteiger partial charge in [0.25, 0.3) is 0 Å². The average Bonchev–Trinajstić information content (AvgIpc) is 2.79. The first-order valence-electron chi connectivity index (χ1n) is 7.99. The van der Waals surface area contributed by atoms with Crippen LogP contribution in [0.3, 0.4) is 0 Å². The van der Waals surface area contributed by atoms with Crippen molar-refractivity contribution < 1.29 is 9.53 Å². The lowest BCUT2D eigenvalue weighted by molar-refractivity contribution is -0.121. The van der Waals surface area contributed by atoms with Gasteiger partial charge >= 0.3 is 4.87 Å². The Hall–Kier alpha value is -2.08. The van der Waals surface area contributed by atoms with E-state index in [1.807, 2.05) is 39.0 Å². The molecule has 0 spiro atoms. The van der Waals surface area contributed by atoms with E-state index in [1.165, 1.54) is 11.3 Å². The standard InChI is InChI=1S/C18H24N2O3S/c1-12-5-6-15(11-16(12)23-4)7-9-19-17(21)8-10-20-13(2)14(3)24-18(20)22/h5-6,11H,7-10H2,1-4H3,(H,19,21). The molecule has 6 heteroatoms. The Morgan fingerprint density at radius 1 is 1.29 bits per heavy atom. The van der Waals surface area contributed by atoms with Crippen LogP contribution in [-0.2, 0) is 17.8 Å². The first-order valence-corrected chi connectivity index (χ1v) is 8.81. The number of carbonyl (C=O) groups is 1. The molecule has 0 saturated carbocycles. The number of aromatic nitrogens is 1. The molecule has 1 aromatic heterocycles. The largest absolute Gasteiger partial charge is 0.496 e. The van der Waals surface area contributed by atoms with Crippen LogP contribution in [0.1, 0.15) is 28.1 Å². The Morgan fingerprint density at radius 3 is 2.67 bits per heavy atom. The fourth-order valence-electron chi connectivity index (χ4n) is 2.51. The predicted octanol–water partition coefficient (Wildman–Crippen LogP) is 2.59. The average molecular weight is 348 g/mol. The zero-order chi connectivity index (χ0) is 17.7. The quantitative estimate of drug-likeness (QED) is 0.837. The number of ether oxygens (including phenoxy) is 1. The highest BCUT2D eigenvalue weighted by Crippen LogP contribution is 2.19. The highest BCUT2D eigenvalue weighted by molar-refractivity contribution is 7.09. The third kappa shape index (κ3) is 4.47. The Balaban J connectivity index is 1.80. The van der Waals surface area contributed by atoms with Crippen LogP contribution < -0.4 is 14.9 Å². The summed E-state index contributed by atoms with van der Waals surface area (Å²) < 4.78 is 6.98. The predicted molar refractivity (Wildman–Crippen MR) is 97.1 cm³/mol. The number of carbonyl (C=O) groups excluding carboxylic acids is 1. The number of benzene rings is 1. The molecule has 2 aromatic rings. The number of aryl methyl sites for hydroxylation is 2. The van der Waals surface area contributed by atoms with E-state index in [-0.39, 0.29) is 10.8 Å². The summed E-state index contributed by atoms with van der Waals surface area (Å²) in [7, 11) is 1.66. The molecular weight excluding hydrogens is 324 g/mol. The van der Waals surface area contributed by atoms with Gasteiger partial charge in [0.1, 0.15) is 5.75 Å². The van der Waals surface area contributed by atoms with Gasteiger partial charge in [-0.1, -0.05) is 23.5 Å². The van der Waals surface area contributed by atoms with Crippen LogP contribution in [0.4, 0.5) is 0 Å². The molecule has 2 rings (SSSR count). The number of hydrogen-bond acceptors (Lipinski definition) is 4. The van der Waals surface area contributed by atoms with Gasteiger partial charge in [-0.3, -0.25) is 9.59 Å². The lowest BCUT2D eigenvalue weighted by Crippen LogP contribution is -2.28. The van der Waals surface area contributed by atoms with E-state index >= 15 is 0 Å². The van der Waals surface area contributed by atoms with E-state index in [1.54, 1.807) is 11.7 Å². The van der Waals surface area contributed by atoms with E-state index in [0.717, 1.165) is 33.9 Å². The van der Waals surface area contributed by atoms with Crippen LogP contribution >= 0.6 is 11.3 Å². The number of amides is 1. The van der Waals surface area contributed by atoms with Crippen LogP contribution in [0.2, 0.25) is 0 Å². The van der Waals surface area contributed by atoms with E-state index in [0.29, 0.717) is 19.5 Å². The van der Waals surface area contributed by atoms with Crippen LogP contribution in [-0.4, -0.2) is 24.1 Å². The summed E-state index contributed by atoms with van der Waals surface area (Å²) in [5, 5.41) is 2.91. The van der Waals surface area contributed by atoms with E-state index in [4.69, 9.17) is 4.74 Å². The number of nitrogens with one attached hydrogen (secondary N) is 1. The molecule has 1 aromatic carbocycles. The molecule has 24 heavy (non-hydrogen) atoms. The van der Waals surface area contributed by atoms with Crippen molar-refractivity contribution in [2.75, 3.05) is 13.7 Å². The maximum Gasteiger partial charge on any atom is 0.307 e. The second-order valence-corrected chi connectivity index (χ2v) is 6.98. The minimum Gasteiger partial charge on any atom is -0.496 e. The summed E-state index contributed by atoms with van der Waals surface area (Å²) in [6, 6.07) is 6.06. The van der Waals surface area contributed by atoms with Gasteiger partial charge in [0.2, 0.25) is 5.91 Å². The van der Waals surface area contributed by atoms with Crippen molar-refractivity contribution in [2.45, 2.75) is 40.2 Å². The Labute approximate surface area is 146 Å². The molecule has 0 unspecified atom stereocenters. The highest BCUT2D eigenvalue weighted by atomic mass is 32.1. The first kappa shape index (κ1) is 18.3. The fraction of sp³-hybridized carbons (Fsp3) is 0.444. The second kappa shape index (κ2) is 8.15. The monoisotopic (exact) mass is 348 g/mol. The van der Waals surface area contributed by atoms with Gasteiger partial charge in [-0.2, -0.15) is 0 Å². The van der Waals surface area contributed by atoms with Crippen molar-refractivity contribution in [1.29, 1.82) is 0 Å². The van der Waals surface area contributed by atoms with Crippen molar-refractivity contribution in [3.05, 3.63) is 49.6 Å². The van der Waals surface area contributed by atoms with Gasteiger partial charge in [-0.15, -0.1) is 0 Å². The van der Waals surface area contributed by atoms with Gasteiger partial charge in [-0.05, 0) is 44.4 Å². The summed E-state index contributed by atoms with van der Waals surface area (Å²) in [6.45, 7) is 6.84. The minimum atomic E-state index is -0.0378. The van der Waals surface area contributed by atoms with E-state index in [9.17, 15) is 9.59 Å². The summed E-state index contributed by atoms with van der Waals surface area (Å²) in [5.41, 5.74) is 3.17. The third-order valence-corrected chi connectivity index (χ3v) is 5.14. The van der Waals surface area contributed by atoms with Gasteiger partial charge in [0, 0.05) is 30.1 Å². The maximum atomic E-state index is 12.0. The van der Waals surface area contributed by atoms with Crippen LogP contribution in [0.25, 0.3) is 0 Å². The molecule has 0 atom stereocenters. The van der Waals surface area contributed by atoms with Gasteiger partial charge in [0.15, 0.2) is 0 Å². The summed E-state index contributed by atoms with van der Waals surface area (Å²) >= 11 is 1.23. The first-order chi connectivity index (χ1) is 11.4. The van der Waals surface area contributed by atoms with Gasteiger partial charge < -0.3 is 14.6 Å². The Bertz CT molecular complexity index is 777. The highest BCUT2D eigenvalue weighted by Gasteiger charge is 2.09. The lowest BCUT2D eigenvalue weighted by Gasteiger charge is -2.09. The molecule has 1 N–H and O–H groups in total. The van der Waals surface area contributed by atoms with Crippen LogP contribution in [0, 0.1) is 20.8 Å². The summed E-state index contributed by atoms with van der Waals surface area (Å²) in [6.07, 6.45) is 1.06. The molecule has 5 nitrogen and oxygen atoms in total. The molecular formula is C18H24N2O3S. The molecule has 0 radical (unpaired) electrons. The number of rotatable bonds is 7. The summed E-state index contributed by atoms with van der Waals surface area (Å²) in [5.74, 6) is 0.825. The molecule has 0 aliphatic heterocycles. The van der Waals surface area contributed by atoms with Crippen LogP contribution in [0.5, 0.6) is 5.75 Å². The topological polar surface area (TPSA) is 60.3 Å². The zero-order valence-corrected chi connectivity index (χ0v) is 15.5. The van der Waals surface area contributed by atoms with Gasteiger partial charge in [0.05, 0.1) is 7.11 Å². The third-order valence-electron chi connectivity index (χ3n) is 4.15. The van der Waals surface area contributed by atoms with Crippen molar-refractivity contribution in [3.8, 4) is 5.75 Å². The number of methoxy groups -OCH3 is 1. The van der Waals surface area contributed by atoms with E-state index in [2.05, 4.69) is 5.32 Å². The minimum absolute atomic E-state index is 0.00421.